The zero-order valence-corrected chi connectivity index (χ0v) is 15.9. The van der Waals surface area contributed by atoms with E-state index in [2.05, 4.69) is 0 Å². The minimum absolute atomic E-state index is 0.0383. The molecule has 0 unspecified atom stereocenters. The lowest BCUT2D eigenvalue weighted by molar-refractivity contribution is -0.154. The number of esters is 1. The number of hydrogen-bond acceptors (Lipinski definition) is 5. The van der Waals surface area contributed by atoms with E-state index in [0.29, 0.717) is 13.2 Å². The van der Waals surface area contributed by atoms with Gasteiger partial charge in [-0.2, -0.15) is 0 Å². The van der Waals surface area contributed by atoms with Crippen molar-refractivity contribution in [3.63, 3.8) is 0 Å². The van der Waals surface area contributed by atoms with Crippen molar-refractivity contribution in [3.8, 4) is 5.75 Å². The first-order valence-corrected chi connectivity index (χ1v) is 9.49. The molecule has 6 heteroatoms. The van der Waals surface area contributed by atoms with Crippen LogP contribution in [0.5, 0.6) is 5.75 Å². The highest BCUT2D eigenvalue weighted by atomic mass is 16.6. The summed E-state index contributed by atoms with van der Waals surface area (Å²) >= 11 is 0. The van der Waals surface area contributed by atoms with Gasteiger partial charge in [-0.05, 0) is 31.0 Å². The topological polar surface area (TPSA) is 65.1 Å². The SMILES string of the molecule is CCCOC(=O)[C@H]1[C@@H]2C=C[C@]3(CN([C@@H](C)c4ccc(OC)cc4)C(=O)[C@H]13)O2. The lowest BCUT2D eigenvalue weighted by Gasteiger charge is -2.27. The summed E-state index contributed by atoms with van der Waals surface area (Å²) in [5.74, 6) is -0.647. The summed E-state index contributed by atoms with van der Waals surface area (Å²) in [6, 6.07) is 7.58. The average Bonchev–Trinajstić information content (AvgIpc) is 3.34. The van der Waals surface area contributed by atoms with Gasteiger partial charge in [0.05, 0.1) is 38.3 Å². The largest absolute Gasteiger partial charge is 0.497 e. The van der Waals surface area contributed by atoms with Gasteiger partial charge in [-0.25, -0.2) is 0 Å². The van der Waals surface area contributed by atoms with Gasteiger partial charge in [0.1, 0.15) is 17.3 Å². The maximum atomic E-state index is 13.3. The third-order valence-electron chi connectivity index (χ3n) is 5.92. The Morgan fingerprint density at radius 3 is 2.78 bits per heavy atom. The van der Waals surface area contributed by atoms with Crippen LogP contribution in [-0.4, -0.2) is 48.7 Å². The monoisotopic (exact) mass is 371 g/mol. The molecule has 0 aliphatic carbocycles. The number of ether oxygens (including phenoxy) is 3. The fraction of sp³-hybridized carbons (Fsp3) is 0.524. The average molecular weight is 371 g/mol. The van der Waals surface area contributed by atoms with Crippen LogP contribution in [0.25, 0.3) is 0 Å². The number of fused-ring (bicyclic) bond motifs is 1. The molecule has 0 saturated carbocycles. The number of likely N-dealkylation sites (tertiary alicyclic amines) is 1. The van der Waals surface area contributed by atoms with Gasteiger partial charge in [0.2, 0.25) is 5.91 Å². The number of hydrogen-bond donors (Lipinski definition) is 0. The molecule has 2 bridgehead atoms. The fourth-order valence-electron chi connectivity index (χ4n) is 4.49. The molecule has 1 aromatic carbocycles. The molecule has 3 heterocycles. The van der Waals surface area contributed by atoms with E-state index in [0.717, 1.165) is 17.7 Å². The summed E-state index contributed by atoms with van der Waals surface area (Å²) in [6.45, 7) is 4.77. The van der Waals surface area contributed by atoms with Crippen molar-refractivity contribution in [2.24, 2.45) is 11.8 Å². The first-order valence-electron chi connectivity index (χ1n) is 9.49. The van der Waals surface area contributed by atoms with Gasteiger partial charge in [0.25, 0.3) is 0 Å². The van der Waals surface area contributed by atoms with Crippen LogP contribution in [0.1, 0.15) is 31.9 Å². The Hall–Kier alpha value is -2.34. The summed E-state index contributed by atoms with van der Waals surface area (Å²) < 4.78 is 16.7. The fourth-order valence-corrected chi connectivity index (χ4v) is 4.49. The van der Waals surface area contributed by atoms with Crippen molar-refractivity contribution in [1.29, 1.82) is 0 Å². The number of carbonyl (C=O) groups excluding carboxylic acids is 2. The molecule has 1 spiro atoms. The number of amides is 1. The Kier molecular flexibility index (Phi) is 4.46. The highest BCUT2D eigenvalue weighted by Gasteiger charge is 2.67. The van der Waals surface area contributed by atoms with Gasteiger partial charge in [0, 0.05) is 0 Å². The van der Waals surface area contributed by atoms with Gasteiger partial charge < -0.3 is 19.1 Å². The van der Waals surface area contributed by atoms with E-state index < -0.39 is 17.4 Å². The molecule has 4 rings (SSSR count). The van der Waals surface area contributed by atoms with Crippen molar-refractivity contribution in [2.75, 3.05) is 20.3 Å². The zero-order valence-electron chi connectivity index (χ0n) is 15.9. The Labute approximate surface area is 159 Å². The highest BCUT2D eigenvalue weighted by molar-refractivity contribution is 5.91. The van der Waals surface area contributed by atoms with E-state index in [1.165, 1.54) is 0 Å². The second-order valence-corrected chi connectivity index (χ2v) is 7.48. The van der Waals surface area contributed by atoms with Crippen LogP contribution in [0.2, 0.25) is 0 Å². The molecule has 0 radical (unpaired) electrons. The van der Waals surface area contributed by atoms with Crippen LogP contribution in [0.3, 0.4) is 0 Å². The van der Waals surface area contributed by atoms with E-state index in [1.54, 1.807) is 7.11 Å². The van der Waals surface area contributed by atoms with Gasteiger partial charge in [-0.15, -0.1) is 0 Å². The van der Waals surface area contributed by atoms with Gasteiger partial charge in [-0.1, -0.05) is 31.2 Å². The molecule has 2 fully saturated rings. The maximum absolute atomic E-state index is 13.3. The van der Waals surface area contributed by atoms with Crippen molar-refractivity contribution in [2.45, 2.75) is 38.0 Å². The molecule has 1 aromatic rings. The summed E-state index contributed by atoms with van der Waals surface area (Å²) in [6.07, 6.45) is 4.26. The van der Waals surface area contributed by atoms with Gasteiger partial charge >= 0.3 is 5.97 Å². The van der Waals surface area contributed by atoms with E-state index in [1.807, 2.05) is 55.2 Å². The van der Waals surface area contributed by atoms with Crippen LogP contribution in [0.15, 0.2) is 36.4 Å². The molecular formula is C21H25NO5. The standard InChI is InChI=1S/C21H25NO5/c1-4-11-26-20(24)17-16-9-10-21(27-16)12-22(19(23)18(17)21)13(2)14-5-7-15(25-3)8-6-14/h5-10,13,16-18H,4,11-12H2,1-3H3/t13-,16-,17-,18-,21+/m0/s1. The Morgan fingerprint density at radius 2 is 2.11 bits per heavy atom. The molecule has 1 amide bonds. The first kappa shape index (κ1) is 18.0. The zero-order chi connectivity index (χ0) is 19.2. The molecule has 6 nitrogen and oxygen atoms in total. The first-order chi connectivity index (χ1) is 13.0. The van der Waals surface area contributed by atoms with Crippen molar-refractivity contribution < 1.29 is 23.8 Å². The van der Waals surface area contributed by atoms with Crippen LogP contribution >= 0.6 is 0 Å². The van der Waals surface area contributed by atoms with E-state index >= 15 is 0 Å². The van der Waals surface area contributed by atoms with E-state index in [4.69, 9.17) is 14.2 Å². The maximum Gasteiger partial charge on any atom is 0.312 e. The minimum atomic E-state index is -0.710. The van der Waals surface area contributed by atoms with Crippen LogP contribution in [0.4, 0.5) is 0 Å². The molecule has 0 N–H and O–H groups in total. The van der Waals surface area contributed by atoms with Crippen LogP contribution < -0.4 is 4.74 Å². The minimum Gasteiger partial charge on any atom is -0.497 e. The summed E-state index contributed by atoms with van der Waals surface area (Å²) in [5.41, 5.74) is 0.308. The molecule has 3 aliphatic heterocycles. The lowest BCUT2D eigenvalue weighted by atomic mass is 9.77. The third kappa shape index (κ3) is 2.74. The normalized spacial score (nSPS) is 31.9. The lowest BCUT2D eigenvalue weighted by Crippen LogP contribution is -2.40. The number of nitrogens with zero attached hydrogens (tertiary/aromatic N) is 1. The van der Waals surface area contributed by atoms with Crippen LogP contribution in [0, 0.1) is 11.8 Å². The van der Waals surface area contributed by atoms with Crippen molar-refractivity contribution in [1.82, 2.24) is 4.90 Å². The van der Waals surface area contributed by atoms with Gasteiger partial charge in [-0.3, -0.25) is 9.59 Å². The number of methoxy groups -OCH3 is 1. The smallest absolute Gasteiger partial charge is 0.312 e. The summed E-state index contributed by atoms with van der Waals surface area (Å²) in [5, 5.41) is 0. The second-order valence-electron chi connectivity index (χ2n) is 7.48. The van der Waals surface area contributed by atoms with E-state index in [-0.39, 0.29) is 24.0 Å². The molecule has 3 aliphatic rings. The Bertz CT molecular complexity index is 773. The number of carbonyl (C=O) groups is 2. The molecule has 0 aromatic heterocycles. The van der Waals surface area contributed by atoms with Crippen molar-refractivity contribution >= 4 is 11.9 Å². The third-order valence-corrected chi connectivity index (χ3v) is 5.92. The molecule has 2 saturated heterocycles. The molecular weight excluding hydrogens is 346 g/mol. The molecule has 144 valence electrons. The molecule has 27 heavy (non-hydrogen) atoms. The predicted octanol–water partition coefficient (Wildman–Crippen LogP) is 2.49. The van der Waals surface area contributed by atoms with E-state index in [9.17, 15) is 9.59 Å². The Morgan fingerprint density at radius 1 is 1.37 bits per heavy atom. The quantitative estimate of drug-likeness (QED) is 0.568. The highest BCUT2D eigenvalue weighted by Crippen LogP contribution is 2.53. The van der Waals surface area contributed by atoms with Crippen LogP contribution in [-0.2, 0) is 19.1 Å². The Balaban J connectivity index is 1.57. The summed E-state index contributed by atoms with van der Waals surface area (Å²) in [4.78, 5) is 27.7. The second kappa shape index (κ2) is 6.68. The number of benzene rings is 1. The van der Waals surface area contributed by atoms with Gasteiger partial charge in [0.15, 0.2) is 0 Å². The van der Waals surface area contributed by atoms with Crippen molar-refractivity contribution in [3.05, 3.63) is 42.0 Å². The summed E-state index contributed by atoms with van der Waals surface area (Å²) in [7, 11) is 1.63. The number of rotatable bonds is 6. The predicted molar refractivity (Wildman–Crippen MR) is 98.1 cm³/mol. The molecule has 5 atom stereocenters.